The number of thioether (sulfide) groups is 1. The van der Waals surface area contributed by atoms with E-state index in [2.05, 4.69) is 54.8 Å². The predicted octanol–water partition coefficient (Wildman–Crippen LogP) is 5.88. The molecule has 0 bridgehead atoms. The molecule has 19 heavy (non-hydrogen) atoms. The Kier molecular flexibility index (Phi) is 3.50. The Labute approximate surface area is 122 Å². The highest BCUT2D eigenvalue weighted by Gasteiger charge is 2.11. The van der Waals surface area contributed by atoms with E-state index in [-0.39, 0.29) is 0 Å². The molecule has 0 heterocycles. The lowest BCUT2D eigenvalue weighted by molar-refractivity contribution is 1.46. The molecule has 0 unspecified atom stereocenters. The van der Waals surface area contributed by atoms with Crippen molar-refractivity contribution in [2.75, 3.05) is 6.26 Å². The molecule has 0 amide bonds. The summed E-state index contributed by atoms with van der Waals surface area (Å²) in [6, 6.07) is 20.9. The average Bonchev–Trinajstić information content (AvgIpc) is 2.46. The molecule has 0 spiro atoms. The molecular weight excluding hydrogens is 272 g/mol. The summed E-state index contributed by atoms with van der Waals surface area (Å²) in [6.07, 6.45) is 2.08. The van der Waals surface area contributed by atoms with Gasteiger partial charge < -0.3 is 0 Å². The van der Waals surface area contributed by atoms with Crippen molar-refractivity contribution < 1.29 is 0 Å². The molecule has 94 valence electrons. The van der Waals surface area contributed by atoms with E-state index in [0.717, 1.165) is 10.6 Å². The van der Waals surface area contributed by atoms with Crippen molar-refractivity contribution >= 4 is 34.1 Å². The highest BCUT2D eigenvalue weighted by molar-refractivity contribution is 7.98. The molecule has 3 aromatic carbocycles. The van der Waals surface area contributed by atoms with Gasteiger partial charge in [-0.3, -0.25) is 0 Å². The van der Waals surface area contributed by atoms with Gasteiger partial charge >= 0.3 is 0 Å². The molecule has 0 N–H and O–H groups in total. The van der Waals surface area contributed by atoms with Crippen molar-refractivity contribution in [2.45, 2.75) is 4.90 Å². The summed E-state index contributed by atoms with van der Waals surface area (Å²) in [5.74, 6) is 0. The van der Waals surface area contributed by atoms with E-state index in [0.29, 0.717) is 0 Å². The van der Waals surface area contributed by atoms with Crippen molar-refractivity contribution in [3.63, 3.8) is 0 Å². The highest BCUT2D eigenvalue weighted by atomic mass is 35.5. The lowest BCUT2D eigenvalue weighted by Gasteiger charge is -2.12. The van der Waals surface area contributed by atoms with Crippen molar-refractivity contribution in [1.29, 1.82) is 0 Å². The largest absolute Gasteiger partial charge is 0.129 e. The van der Waals surface area contributed by atoms with E-state index in [1.54, 1.807) is 11.8 Å². The summed E-state index contributed by atoms with van der Waals surface area (Å²) in [4.78, 5) is 1.21. The third-order valence-corrected chi connectivity index (χ3v) is 4.35. The fourth-order valence-corrected chi connectivity index (χ4v) is 3.35. The molecule has 0 atom stereocenters. The number of halogens is 1. The molecule has 0 aliphatic rings. The number of hydrogen-bond acceptors (Lipinski definition) is 1. The zero-order chi connectivity index (χ0) is 13.2. The summed E-state index contributed by atoms with van der Waals surface area (Å²) >= 11 is 8.16. The Morgan fingerprint density at radius 3 is 2.42 bits per heavy atom. The highest BCUT2D eigenvalue weighted by Crippen LogP contribution is 2.39. The first-order valence-electron chi connectivity index (χ1n) is 6.12. The maximum absolute atomic E-state index is 6.43. The van der Waals surface area contributed by atoms with Crippen LogP contribution in [0.4, 0.5) is 0 Å². The fourth-order valence-electron chi connectivity index (χ4n) is 2.38. The second kappa shape index (κ2) is 5.28. The van der Waals surface area contributed by atoms with Crippen molar-refractivity contribution in [1.82, 2.24) is 0 Å². The van der Waals surface area contributed by atoms with Gasteiger partial charge in [0.25, 0.3) is 0 Å². The van der Waals surface area contributed by atoms with Gasteiger partial charge in [-0.05, 0) is 34.7 Å². The number of rotatable bonds is 2. The first-order valence-corrected chi connectivity index (χ1v) is 7.72. The Hall–Kier alpha value is -1.44. The van der Waals surface area contributed by atoms with Gasteiger partial charge in [0.05, 0.1) is 0 Å². The second-order valence-corrected chi connectivity index (χ2v) is 5.60. The third kappa shape index (κ3) is 2.24. The summed E-state index contributed by atoms with van der Waals surface area (Å²) in [5.41, 5.74) is 2.33. The summed E-state index contributed by atoms with van der Waals surface area (Å²) in [7, 11) is 0. The molecule has 0 aliphatic heterocycles. The molecule has 0 radical (unpaired) electrons. The van der Waals surface area contributed by atoms with Crippen LogP contribution in [0.25, 0.3) is 21.9 Å². The van der Waals surface area contributed by atoms with Gasteiger partial charge in [-0.25, -0.2) is 0 Å². The standard InChI is InChI=1S/C17H13ClS/c1-19-16-11-5-10-15(18)17(16)14-9-4-7-12-6-2-3-8-13(12)14/h2-11H,1H3. The van der Waals surface area contributed by atoms with E-state index < -0.39 is 0 Å². The van der Waals surface area contributed by atoms with Crippen molar-refractivity contribution in [3.05, 3.63) is 65.7 Å². The predicted molar refractivity (Wildman–Crippen MR) is 86.2 cm³/mol. The van der Waals surface area contributed by atoms with Gasteiger partial charge in [0.1, 0.15) is 0 Å². The van der Waals surface area contributed by atoms with E-state index in [1.807, 2.05) is 12.1 Å². The van der Waals surface area contributed by atoms with Crippen LogP contribution in [-0.2, 0) is 0 Å². The van der Waals surface area contributed by atoms with Gasteiger partial charge in [-0.2, -0.15) is 0 Å². The molecule has 0 fully saturated rings. The van der Waals surface area contributed by atoms with E-state index in [4.69, 9.17) is 11.6 Å². The Morgan fingerprint density at radius 2 is 1.58 bits per heavy atom. The van der Waals surface area contributed by atoms with Crippen LogP contribution < -0.4 is 0 Å². The first-order chi connectivity index (χ1) is 9.31. The van der Waals surface area contributed by atoms with Gasteiger partial charge in [0.15, 0.2) is 0 Å². The number of benzene rings is 3. The minimum absolute atomic E-state index is 0.809. The summed E-state index contributed by atoms with van der Waals surface area (Å²) < 4.78 is 0. The Bertz CT molecular complexity index is 729. The molecule has 2 heteroatoms. The second-order valence-electron chi connectivity index (χ2n) is 4.34. The molecule has 0 aliphatic carbocycles. The topological polar surface area (TPSA) is 0 Å². The lowest BCUT2D eigenvalue weighted by Crippen LogP contribution is -1.86. The van der Waals surface area contributed by atoms with E-state index in [1.165, 1.54) is 21.2 Å². The van der Waals surface area contributed by atoms with Crippen molar-refractivity contribution in [3.8, 4) is 11.1 Å². The molecule has 0 aromatic heterocycles. The quantitative estimate of drug-likeness (QED) is 0.529. The average molecular weight is 285 g/mol. The van der Waals surface area contributed by atoms with Crippen LogP contribution in [0.3, 0.4) is 0 Å². The molecule has 3 aromatic rings. The van der Waals surface area contributed by atoms with Crippen molar-refractivity contribution in [2.24, 2.45) is 0 Å². The zero-order valence-electron chi connectivity index (χ0n) is 10.6. The Balaban J connectivity index is 2.37. The van der Waals surface area contributed by atoms with Crippen LogP contribution in [0.5, 0.6) is 0 Å². The summed E-state index contributed by atoms with van der Waals surface area (Å²) in [6.45, 7) is 0. The smallest absolute Gasteiger partial charge is 0.0495 e. The zero-order valence-corrected chi connectivity index (χ0v) is 12.1. The number of fused-ring (bicyclic) bond motifs is 1. The van der Waals surface area contributed by atoms with Crippen LogP contribution in [0, 0.1) is 0 Å². The summed E-state index contributed by atoms with van der Waals surface area (Å²) in [5, 5.41) is 3.29. The van der Waals surface area contributed by atoms with Gasteiger partial charge in [0, 0.05) is 15.5 Å². The van der Waals surface area contributed by atoms with E-state index in [9.17, 15) is 0 Å². The fraction of sp³-hybridized carbons (Fsp3) is 0.0588. The van der Waals surface area contributed by atoms with Crippen LogP contribution in [0.2, 0.25) is 5.02 Å². The monoisotopic (exact) mass is 284 g/mol. The normalized spacial score (nSPS) is 10.8. The third-order valence-electron chi connectivity index (χ3n) is 3.25. The SMILES string of the molecule is CSc1cccc(Cl)c1-c1cccc2ccccc12. The molecule has 0 nitrogen and oxygen atoms in total. The van der Waals surface area contributed by atoms with Gasteiger partial charge in [-0.1, -0.05) is 60.1 Å². The van der Waals surface area contributed by atoms with Crippen LogP contribution in [0.15, 0.2) is 65.6 Å². The van der Waals surface area contributed by atoms with Crippen LogP contribution in [0.1, 0.15) is 0 Å². The molecule has 0 saturated heterocycles. The lowest BCUT2D eigenvalue weighted by atomic mass is 9.98. The first kappa shape index (κ1) is 12.6. The Morgan fingerprint density at radius 1 is 0.842 bits per heavy atom. The molecule has 0 saturated carbocycles. The minimum Gasteiger partial charge on any atom is -0.129 e. The molecular formula is C17H13ClS. The van der Waals surface area contributed by atoms with Crippen LogP contribution >= 0.6 is 23.4 Å². The minimum atomic E-state index is 0.809. The molecule has 3 rings (SSSR count). The van der Waals surface area contributed by atoms with Gasteiger partial charge in [-0.15, -0.1) is 11.8 Å². The van der Waals surface area contributed by atoms with Crippen LogP contribution in [-0.4, -0.2) is 6.26 Å². The van der Waals surface area contributed by atoms with Gasteiger partial charge in [0.2, 0.25) is 0 Å². The maximum atomic E-state index is 6.43. The number of hydrogen-bond donors (Lipinski definition) is 0. The maximum Gasteiger partial charge on any atom is 0.0495 e. The van der Waals surface area contributed by atoms with E-state index >= 15 is 0 Å².